The minimum atomic E-state index is -0.281. The summed E-state index contributed by atoms with van der Waals surface area (Å²) in [7, 11) is 0. The van der Waals surface area contributed by atoms with Crippen molar-refractivity contribution in [2.45, 2.75) is 33.2 Å². The van der Waals surface area contributed by atoms with Crippen molar-refractivity contribution in [3.8, 4) is 17.2 Å². The Kier molecular flexibility index (Phi) is 5.85. The zero-order valence-electron chi connectivity index (χ0n) is 16.6. The summed E-state index contributed by atoms with van der Waals surface area (Å²) in [4.78, 5) is 17.9. The van der Waals surface area contributed by atoms with E-state index in [2.05, 4.69) is 11.9 Å². The van der Waals surface area contributed by atoms with Crippen LogP contribution in [0.15, 0.2) is 41.4 Å². The molecule has 1 aliphatic heterocycles. The molecule has 0 saturated heterocycles. The Morgan fingerprint density at radius 1 is 1.17 bits per heavy atom. The number of aromatic nitrogens is 1. The van der Waals surface area contributed by atoms with Gasteiger partial charge in [0, 0.05) is 24.2 Å². The molecule has 1 aromatic heterocycles. The average molecular weight is 413 g/mol. The van der Waals surface area contributed by atoms with Crippen molar-refractivity contribution in [1.82, 2.24) is 4.57 Å². The van der Waals surface area contributed by atoms with E-state index in [1.807, 2.05) is 35.8 Å². The molecule has 4 rings (SSSR count). The largest absolute Gasteiger partial charge is 0.494 e. The maximum absolute atomic E-state index is 12.8. The topological polar surface area (TPSA) is 62.0 Å². The highest BCUT2D eigenvalue weighted by Crippen LogP contribution is 2.35. The molecule has 7 heteroatoms. The van der Waals surface area contributed by atoms with Gasteiger partial charge in [0.25, 0.3) is 5.91 Å². The summed E-state index contributed by atoms with van der Waals surface area (Å²) in [6.45, 7) is 6.59. The number of carbonyl (C=O) groups excluding carboxylic acids is 1. The third kappa shape index (κ3) is 4.15. The molecule has 0 unspecified atom stereocenters. The molecule has 0 spiro atoms. The number of aryl methyl sites for hydroxylation is 1. The number of amides is 1. The predicted octanol–water partition coefficient (Wildman–Crippen LogP) is 4.41. The predicted molar refractivity (Wildman–Crippen MR) is 113 cm³/mol. The molecule has 2 heterocycles. The van der Waals surface area contributed by atoms with Crippen molar-refractivity contribution >= 4 is 27.5 Å². The molecular weight excluding hydrogens is 388 g/mol. The molecule has 0 bridgehead atoms. The van der Waals surface area contributed by atoms with Crippen LogP contribution in [0.5, 0.6) is 17.2 Å². The Balaban J connectivity index is 1.68. The van der Waals surface area contributed by atoms with Gasteiger partial charge in [0.1, 0.15) is 19.0 Å². The number of carbonyl (C=O) groups is 1. The highest BCUT2D eigenvalue weighted by Gasteiger charge is 2.16. The maximum Gasteiger partial charge on any atom is 0.279 e. The second-order valence-electron chi connectivity index (χ2n) is 6.74. The lowest BCUT2D eigenvalue weighted by atomic mass is 10.2. The Morgan fingerprint density at radius 2 is 1.97 bits per heavy atom. The van der Waals surface area contributed by atoms with Gasteiger partial charge in [-0.15, -0.1) is 0 Å². The van der Waals surface area contributed by atoms with Gasteiger partial charge in [-0.2, -0.15) is 4.99 Å². The van der Waals surface area contributed by atoms with E-state index in [1.165, 1.54) is 11.3 Å². The number of ether oxygens (including phenoxy) is 3. The van der Waals surface area contributed by atoms with E-state index < -0.39 is 0 Å². The van der Waals surface area contributed by atoms with Gasteiger partial charge in [-0.05, 0) is 31.5 Å². The fourth-order valence-electron chi connectivity index (χ4n) is 3.20. The number of benzene rings is 2. The molecular formula is C22H24N2O4S. The molecule has 0 atom stereocenters. The summed E-state index contributed by atoms with van der Waals surface area (Å²) in [5.74, 6) is 1.89. The minimum Gasteiger partial charge on any atom is -0.494 e. The van der Waals surface area contributed by atoms with Gasteiger partial charge in [-0.25, -0.2) is 0 Å². The number of rotatable bonds is 6. The maximum atomic E-state index is 12.8. The summed E-state index contributed by atoms with van der Waals surface area (Å²) in [5, 5.41) is 0. The van der Waals surface area contributed by atoms with Crippen molar-refractivity contribution in [2.75, 3.05) is 19.8 Å². The third-order valence-electron chi connectivity index (χ3n) is 4.71. The Labute approximate surface area is 173 Å². The van der Waals surface area contributed by atoms with Crippen LogP contribution in [0.4, 0.5) is 0 Å². The van der Waals surface area contributed by atoms with Crippen molar-refractivity contribution in [2.24, 2.45) is 4.99 Å². The van der Waals surface area contributed by atoms with Crippen molar-refractivity contribution in [3.63, 3.8) is 0 Å². The number of fused-ring (bicyclic) bond motifs is 2. The number of hydrogen-bond donors (Lipinski definition) is 0. The number of unbranched alkanes of at least 4 members (excludes halogenated alkanes) is 1. The van der Waals surface area contributed by atoms with Crippen LogP contribution in [0, 0.1) is 0 Å². The van der Waals surface area contributed by atoms with Gasteiger partial charge < -0.3 is 18.8 Å². The highest BCUT2D eigenvalue weighted by atomic mass is 32.1. The Morgan fingerprint density at radius 3 is 2.72 bits per heavy atom. The zero-order chi connectivity index (χ0) is 20.2. The number of thiazole rings is 1. The van der Waals surface area contributed by atoms with Gasteiger partial charge in [0.15, 0.2) is 16.3 Å². The first kappa shape index (κ1) is 19.5. The summed E-state index contributed by atoms with van der Waals surface area (Å²) >= 11 is 1.47. The average Bonchev–Trinajstić information content (AvgIpc) is 3.08. The normalized spacial score (nSPS) is 13.7. The van der Waals surface area contributed by atoms with Crippen LogP contribution < -0.4 is 19.0 Å². The molecule has 3 aromatic rings. The second-order valence-corrected chi connectivity index (χ2v) is 7.75. The van der Waals surface area contributed by atoms with E-state index in [0.717, 1.165) is 34.6 Å². The quantitative estimate of drug-likeness (QED) is 0.563. The van der Waals surface area contributed by atoms with Crippen molar-refractivity contribution in [1.29, 1.82) is 0 Å². The molecule has 0 radical (unpaired) electrons. The fraction of sp³-hybridized carbons (Fsp3) is 0.364. The van der Waals surface area contributed by atoms with Crippen LogP contribution in [-0.2, 0) is 6.54 Å². The SMILES string of the molecule is CCCCOc1cccc(C(=O)N=c2sc3cc4c(cc3n2CC)OCCO4)c1. The highest BCUT2D eigenvalue weighted by molar-refractivity contribution is 7.16. The van der Waals surface area contributed by atoms with Crippen LogP contribution in [-0.4, -0.2) is 30.3 Å². The monoisotopic (exact) mass is 412 g/mol. The van der Waals surface area contributed by atoms with Crippen LogP contribution in [0.1, 0.15) is 37.0 Å². The second kappa shape index (κ2) is 8.69. The lowest BCUT2D eigenvalue weighted by Crippen LogP contribution is -2.17. The van der Waals surface area contributed by atoms with Crippen LogP contribution >= 0.6 is 11.3 Å². The molecule has 0 saturated carbocycles. The van der Waals surface area contributed by atoms with Gasteiger partial charge >= 0.3 is 0 Å². The van der Waals surface area contributed by atoms with Gasteiger partial charge in [0.2, 0.25) is 0 Å². The summed E-state index contributed by atoms with van der Waals surface area (Å²) in [6, 6.07) is 11.1. The van der Waals surface area contributed by atoms with Crippen LogP contribution in [0.2, 0.25) is 0 Å². The molecule has 2 aromatic carbocycles. The zero-order valence-corrected chi connectivity index (χ0v) is 17.5. The molecule has 29 heavy (non-hydrogen) atoms. The van der Waals surface area contributed by atoms with Gasteiger partial charge in [-0.3, -0.25) is 4.79 Å². The van der Waals surface area contributed by atoms with Gasteiger partial charge in [0.05, 0.1) is 16.8 Å². The van der Waals surface area contributed by atoms with Crippen molar-refractivity contribution in [3.05, 3.63) is 46.8 Å². The first-order valence-corrected chi connectivity index (χ1v) is 10.8. The summed E-state index contributed by atoms with van der Waals surface area (Å²) < 4.78 is 20.1. The first-order chi connectivity index (χ1) is 14.2. The van der Waals surface area contributed by atoms with Gasteiger partial charge in [-0.1, -0.05) is 30.7 Å². The lowest BCUT2D eigenvalue weighted by molar-refractivity contribution is 0.0997. The Hall–Kier alpha value is -2.80. The fourth-order valence-corrected chi connectivity index (χ4v) is 4.30. The Bertz CT molecular complexity index is 1100. The molecule has 6 nitrogen and oxygen atoms in total. The smallest absolute Gasteiger partial charge is 0.279 e. The minimum absolute atomic E-state index is 0.281. The molecule has 152 valence electrons. The summed E-state index contributed by atoms with van der Waals surface area (Å²) in [6.07, 6.45) is 2.05. The third-order valence-corrected chi connectivity index (χ3v) is 5.75. The molecule has 0 aliphatic carbocycles. The lowest BCUT2D eigenvalue weighted by Gasteiger charge is -2.18. The number of hydrogen-bond acceptors (Lipinski definition) is 5. The standard InChI is InChI=1S/C22H24N2O4S/c1-3-5-9-26-16-8-6-7-15(12-16)21(25)23-22-24(4-2)17-13-18-19(14-20(17)29-22)28-11-10-27-18/h6-8,12-14H,3-5,9-11H2,1-2H3. The van der Waals surface area contributed by atoms with E-state index in [4.69, 9.17) is 14.2 Å². The molecule has 1 amide bonds. The van der Waals surface area contributed by atoms with E-state index in [9.17, 15) is 4.79 Å². The van der Waals surface area contributed by atoms with Crippen LogP contribution in [0.25, 0.3) is 10.2 Å². The first-order valence-electron chi connectivity index (χ1n) is 9.94. The molecule has 1 aliphatic rings. The van der Waals surface area contributed by atoms with E-state index in [1.54, 1.807) is 12.1 Å². The van der Waals surface area contributed by atoms with Crippen LogP contribution in [0.3, 0.4) is 0 Å². The van der Waals surface area contributed by atoms with E-state index in [0.29, 0.717) is 42.5 Å². The van der Waals surface area contributed by atoms with E-state index >= 15 is 0 Å². The molecule has 0 fully saturated rings. The molecule has 0 N–H and O–H groups in total. The summed E-state index contributed by atoms with van der Waals surface area (Å²) in [5.41, 5.74) is 1.51. The number of nitrogens with zero attached hydrogens (tertiary/aromatic N) is 2. The van der Waals surface area contributed by atoms with E-state index in [-0.39, 0.29) is 5.91 Å². The van der Waals surface area contributed by atoms with Crippen molar-refractivity contribution < 1.29 is 19.0 Å².